The third kappa shape index (κ3) is 8.16. The van der Waals surface area contributed by atoms with E-state index in [-0.39, 0.29) is 23.9 Å². The van der Waals surface area contributed by atoms with Crippen molar-refractivity contribution >= 4 is 22.9 Å². The molecule has 3 rings (SSSR count). The molecule has 0 aliphatic heterocycles. The molecule has 1 N–H and O–H groups in total. The van der Waals surface area contributed by atoms with Gasteiger partial charge in [-0.2, -0.15) is 18.2 Å². The van der Waals surface area contributed by atoms with Crippen LogP contribution in [-0.4, -0.2) is 47.8 Å². The van der Waals surface area contributed by atoms with E-state index in [1.54, 1.807) is 25.1 Å². The largest absolute Gasteiger partial charge is 0.496 e. The Morgan fingerprint density at radius 2 is 1.88 bits per heavy atom. The van der Waals surface area contributed by atoms with Crippen LogP contribution in [0, 0.1) is 18.3 Å². The summed E-state index contributed by atoms with van der Waals surface area (Å²) in [5, 5.41) is 13.2. The van der Waals surface area contributed by atoms with E-state index in [0.717, 1.165) is 53.4 Å². The van der Waals surface area contributed by atoms with Crippen LogP contribution >= 0.6 is 12.2 Å². The number of methoxy groups -OCH3 is 1. The summed E-state index contributed by atoms with van der Waals surface area (Å²) in [5.74, 6) is 1.13. The number of hydrogen-bond acceptors (Lipinski definition) is 6. The fourth-order valence-corrected chi connectivity index (χ4v) is 5.76. The molecule has 40 heavy (non-hydrogen) atoms. The topological polar surface area (TPSA) is 48.4 Å². The number of halogens is 3. The SMILES string of the molecule is CCN(CC1CC(C)(C)CCC1c1cc(N(C)C(C)=S)ccc1OC)N(O)OCc1cc(C)cc(C(F)(F)F)c1. The Kier molecular flexibility index (Phi) is 10.6. The number of hydrogen-bond donors (Lipinski definition) is 1. The number of aryl methyl sites for hydroxylation is 1. The molecule has 6 nitrogen and oxygen atoms in total. The highest BCUT2D eigenvalue weighted by atomic mass is 32.1. The number of benzene rings is 2. The lowest BCUT2D eigenvalue weighted by atomic mass is 9.65. The van der Waals surface area contributed by atoms with Gasteiger partial charge in [0.2, 0.25) is 0 Å². The van der Waals surface area contributed by atoms with Crippen molar-refractivity contribution in [3.63, 3.8) is 0 Å². The van der Waals surface area contributed by atoms with E-state index in [1.807, 2.05) is 37.9 Å². The van der Waals surface area contributed by atoms with Gasteiger partial charge in [-0.3, -0.25) is 10.0 Å². The molecule has 0 spiro atoms. The van der Waals surface area contributed by atoms with E-state index in [1.165, 1.54) is 0 Å². The fourth-order valence-electron chi connectivity index (χ4n) is 5.65. The summed E-state index contributed by atoms with van der Waals surface area (Å²) in [7, 11) is 3.62. The van der Waals surface area contributed by atoms with Crippen molar-refractivity contribution in [3.05, 3.63) is 58.7 Å². The average Bonchev–Trinajstić information content (AvgIpc) is 2.88. The smallest absolute Gasteiger partial charge is 0.416 e. The van der Waals surface area contributed by atoms with E-state index < -0.39 is 11.7 Å². The van der Waals surface area contributed by atoms with E-state index in [9.17, 15) is 18.4 Å². The van der Waals surface area contributed by atoms with Crippen LogP contribution in [0.5, 0.6) is 5.75 Å². The van der Waals surface area contributed by atoms with Gasteiger partial charge in [0.1, 0.15) is 5.75 Å². The lowest BCUT2D eigenvalue weighted by Crippen LogP contribution is -2.45. The second-order valence-corrected chi connectivity index (χ2v) is 12.1. The summed E-state index contributed by atoms with van der Waals surface area (Å²) in [4.78, 5) is 8.29. The molecule has 2 aromatic rings. The van der Waals surface area contributed by atoms with E-state index in [0.29, 0.717) is 29.6 Å². The van der Waals surface area contributed by atoms with E-state index in [2.05, 4.69) is 19.9 Å². The molecule has 2 atom stereocenters. The van der Waals surface area contributed by atoms with Crippen LogP contribution in [0.25, 0.3) is 0 Å². The summed E-state index contributed by atoms with van der Waals surface area (Å²) >= 11 is 5.39. The highest BCUT2D eigenvalue weighted by molar-refractivity contribution is 7.80. The minimum Gasteiger partial charge on any atom is -0.496 e. The Morgan fingerprint density at radius 3 is 2.48 bits per heavy atom. The molecule has 1 aliphatic rings. The molecule has 222 valence electrons. The number of hydrazine groups is 1. The van der Waals surface area contributed by atoms with Crippen LogP contribution in [0.4, 0.5) is 18.9 Å². The van der Waals surface area contributed by atoms with Crippen LogP contribution in [0.2, 0.25) is 0 Å². The molecule has 1 aliphatic carbocycles. The highest BCUT2D eigenvalue weighted by Crippen LogP contribution is 2.49. The zero-order valence-electron chi connectivity index (χ0n) is 24.5. The third-order valence-corrected chi connectivity index (χ3v) is 8.13. The molecule has 2 aromatic carbocycles. The van der Waals surface area contributed by atoms with Gasteiger partial charge in [0, 0.05) is 31.2 Å². The van der Waals surface area contributed by atoms with Crippen LogP contribution in [0.15, 0.2) is 36.4 Å². The van der Waals surface area contributed by atoms with Gasteiger partial charge in [-0.15, -0.1) is 0 Å². The molecule has 1 saturated carbocycles. The second-order valence-electron chi connectivity index (χ2n) is 11.5. The van der Waals surface area contributed by atoms with Crippen molar-refractivity contribution in [2.24, 2.45) is 11.3 Å². The van der Waals surface area contributed by atoms with Crippen LogP contribution < -0.4 is 9.64 Å². The minimum atomic E-state index is -4.45. The Balaban J connectivity index is 1.83. The van der Waals surface area contributed by atoms with Crippen molar-refractivity contribution in [1.82, 2.24) is 10.3 Å². The molecular weight excluding hydrogens is 539 g/mol. The van der Waals surface area contributed by atoms with Gasteiger partial charge in [0.25, 0.3) is 0 Å². The zero-order chi connectivity index (χ0) is 29.8. The van der Waals surface area contributed by atoms with Gasteiger partial charge in [-0.05, 0) is 91.8 Å². The number of nitrogens with zero attached hydrogens (tertiary/aromatic N) is 3. The summed E-state index contributed by atoms with van der Waals surface area (Å²) in [6.07, 6.45) is -1.54. The number of anilines is 1. The van der Waals surface area contributed by atoms with E-state index in [4.69, 9.17) is 21.8 Å². The Bertz CT molecular complexity index is 1170. The molecule has 0 heterocycles. The summed E-state index contributed by atoms with van der Waals surface area (Å²) in [6, 6.07) is 9.89. The van der Waals surface area contributed by atoms with Gasteiger partial charge in [0.05, 0.1) is 24.3 Å². The van der Waals surface area contributed by atoms with Crippen molar-refractivity contribution in [3.8, 4) is 5.75 Å². The Morgan fingerprint density at radius 1 is 1.18 bits per heavy atom. The van der Waals surface area contributed by atoms with Crippen molar-refractivity contribution < 1.29 is 28.0 Å². The molecular formula is C30H42F3N3O3S. The van der Waals surface area contributed by atoms with Gasteiger partial charge in [0.15, 0.2) is 0 Å². The molecule has 0 radical (unpaired) electrons. The molecule has 10 heteroatoms. The number of thiocarbonyl (C=S) groups is 1. The summed E-state index contributed by atoms with van der Waals surface area (Å²) < 4.78 is 45.6. The molecule has 1 fully saturated rings. The van der Waals surface area contributed by atoms with Crippen molar-refractivity contribution in [2.75, 3.05) is 32.1 Å². The lowest BCUT2D eigenvalue weighted by Gasteiger charge is -2.43. The van der Waals surface area contributed by atoms with Crippen LogP contribution in [0.3, 0.4) is 0 Å². The molecule has 0 amide bonds. The Labute approximate surface area is 241 Å². The predicted molar refractivity (Wildman–Crippen MR) is 155 cm³/mol. The van der Waals surface area contributed by atoms with Crippen LogP contribution in [-0.2, 0) is 17.6 Å². The number of alkyl halides is 3. The molecule has 2 unspecified atom stereocenters. The third-order valence-electron chi connectivity index (χ3n) is 7.85. The summed E-state index contributed by atoms with van der Waals surface area (Å²) in [6.45, 7) is 10.7. The van der Waals surface area contributed by atoms with Crippen molar-refractivity contribution in [1.29, 1.82) is 0 Å². The average molecular weight is 582 g/mol. The van der Waals surface area contributed by atoms with Gasteiger partial charge in [-0.25, -0.2) is 0 Å². The maximum atomic E-state index is 13.3. The van der Waals surface area contributed by atoms with Gasteiger partial charge < -0.3 is 9.64 Å². The maximum Gasteiger partial charge on any atom is 0.416 e. The number of ether oxygens (including phenoxy) is 1. The number of rotatable bonds is 10. The van der Waals surface area contributed by atoms with Gasteiger partial charge >= 0.3 is 6.18 Å². The molecule has 0 aromatic heterocycles. The Hall–Kier alpha value is -2.24. The predicted octanol–water partition coefficient (Wildman–Crippen LogP) is 7.78. The second kappa shape index (κ2) is 13.2. The normalized spacial score (nSPS) is 19.2. The van der Waals surface area contributed by atoms with E-state index >= 15 is 0 Å². The molecule has 0 bridgehead atoms. The monoisotopic (exact) mass is 581 g/mol. The first kappa shape index (κ1) is 32.3. The zero-order valence-corrected chi connectivity index (χ0v) is 25.3. The summed E-state index contributed by atoms with van der Waals surface area (Å²) in [5.41, 5.74) is 2.28. The molecule has 0 saturated heterocycles. The maximum absolute atomic E-state index is 13.3. The van der Waals surface area contributed by atoms with Crippen molar-refractivity contribution in [2.45, 2.75) is 72.6 Å². The highest BCUT2D eigenvalue weighted by Gasteiger charge is 2.38. The first-order valence-corrected chi connectivity index (χ1v) is 14.0. The fraction of sp³-hybridized carbons (Fsp3) is 0.567. The quantitative estimate of drug-likeness (QED) is 0.227. The minimum absolute atomic E-state index is 0.115. The first-order valence-electron chi connectivity index (χ1n) is 13.6. The lowest BCUT2D eigenvalue weighted by molar-refractivity contribution is -0.447. The van der Waals surface area contributed by atoms with Gasteiger partial charge in [-0.1, -0.05) is 44.6 Å². The standard InChI is InChI=1S/C30H42F3N3O3S/c1-8-35(36(37)39-19-22-13-20(2)14-24(15-22)30(31,32)33)18-23-17-29(4,5)12-11-26(23)27-16-25(34(6)21(3)40)9-10-28(27)38-7/h9-10,13-16,23,26,37H,8,11-12,17-19H2,1-7H3. The first-order chi connectivity index (χ1) is 18.6. The van der Waals surface area contributed by atoms with Crippen LogP contribution in [0.1, 0.15) is 75.1 Å².